The lowest BCUT2D eigenvalue weighted by Crippen LogP contribution is -2.71. The van der Waals surface area contributed by atoms with Gasteiger partial charge in [-0.05, 0) is 12.1 Å². The molecule has 2 heteroatoms. The predicted molar refractivity (Wildman–Crippen MR) is 57.5 cm³/mol. The molecule has 0 saturated carbocycles. The van der Waals surface area contributed by atoms with Gasteiger partial charge in [0.05, 0.1) is 0 Å². The van der Waals surface area contributed by atoms with Crippen molar-refractivity contribution in [2.45, 2.75) is 0 Å². The number of benzene rings is 2. The van der Waals surface area contributed by atoms with E-state index in [1.165, 1.54) is 0 Å². The van der Waals surface area contributed by atoms with Gasteiger partial charge in [-0.3, -0.25) is 0 Å². The smallest absolute Gasteiger partial charge is 0.124 e. The van der Waals surface area contributed by atoms with Gasteiger partial charge in [0.25, 0.3) is 0 Å². The Balaban J connectivity index is 1.96. The van der Waals surface area contributed by atoms with E-state index in [1.54, 1.807) is 0 Å². The molecule has 2 N–H and O–H groups in total. The maximum absolute atomic E-state index is 4.35. The fraction of sp³-hybridized carbons (Fsp3) is 0. The number of nitrogens with two attached hydrogens (primary N) is 1. The Labute approximate surface area is 83.6 Å². The first-order valence-electron chi connectivity index (χ1n) is 4.59. The molecule has 0 saturated heterocycles. The van der Waals surface area contributed by atoms with E-state index in [1.807, 2.05) is 66.1 Å². The first-order valence-corrected chi connectivity index (χ1v) is 4.59. The highest BCUT2D eigenvalue weighted by Crippen LogP contribution is 2.11. The molecule has 14 heavy (non-hydrogen) atoms. The van der Waals surface area contributed by atoms with Gasteiger partial charge in [0.2, 0.25) is 0 Å². The third-order valence-corrected chi connectivity index (χ3v) is 1.92. The van der Waals surface area contributed by atoms with Gasteiger partial charge >= 0.3 is 0 Å². The standard InChI is InChI=1S/C12H12N2/c1-3-7-11(8-4-1)13-14-12-9-5-2-6-10-12/h1-10H,13H2. The fourth-order valence-corrected chi connectivity index (χ4v) is 1.20. The Hall–Kier alpha value is -1.80. The van der Waals surface area contributed by atoms with Gasteiger partial charge in [-0.2, -0.15) is 0 Å². The second kappa shape index (κ2) is 4.44. The van der Waals surface area contributed by atoms with E-state index in [-0.39, 0.29) is 0 Å². The van der Waals surface area contributed by atoms with Crippen LogP contribution in [0.1, 0.15) is 0 Å². The molecule has 0 atom stereocenters. The molecule has 0 amide bonds. The van der Waals surface area contributed by atoms with Crippen molar-refractivity contribution in [3.63, 3.8) is 0 Å². The first kappa shape index (κ1) is 8.78. The van der Waals surface area contributed by atoms with Crippen molar-refractivity contribution < 1.29 is 5.43 Å². The number of quaternary nitrogens is 1. The molecule has 0 aliphatic heterocycles. The summed E-state index contributed by atoms with van der Waals surface area (Å²) in [5, 5.41) is 0. The van der Waals surface area contributed by atoms with Crippen LogP contribution in [0.2, 0.25) is 0 Å². The molecule has 2 rings (SSSR count). The van der Waals surface area contributed by atoms with Crippen molar-refractivity contribution in [3.05, 3.63) is 66.1 Å². The maximum Gasteiger partial charge on any atom is 0.124 e. The molecule has 0 heterocycles. The van der Waals surface area contributed by atoms with Gasteiger partial charge < -0.3 is 10.9 Å². The Bertz CT molecular complexity index is 331. The third kappa shape index (κ3) is 2.34. The summed E-state index contributed by atoms with van der Waals surface area (Å²) in [4.78, 5) is 0. The Morgan fingerprint density at radius 2 is 1.29 bits per heavy atom. The highest BCUT2D eigenvalue weighted by Gasteiger charge is 1.86. The zero-order valence-corrected chi connectivity index (χ0v) is 7.80. The molecule has 0 fully saturated rings. The molecule has 0 aliphatic carbocycles. The van der Waals surface area contributed by atoms with Crippen LogP contribution < -0.4 is 5.43 Å². The number of nitrogens with zero attached hydrogens (tertiary/aromatic N) is 1. The Morgan fingerprint density at radius 1 is 0.714 bits per heavy atom. The summed E-state index contributed by atoms with van der Waals surface area (Å²) in [6, 6.07) is 20.0. The largest absolute Gasteiger partial charge is 0.485 e. The molecular formula is C12H12N2. The van der Waals surface area contributed by atoms with Crippen LogP contribution in [0.3, 0.4) is 0 Å². The van der Waals surface area contributed by atoms with Crippen molar-refractivity contribution in [1.82, 2.24) is 0 Å². The van der Waals surface area contributed by atoms with Crippen LogP contribution in [-0.2, 0) is 0 Å². The SMILES string of the molecule is c1ccc([N-][NH2+]c2ccccc2)cc1. The van der Waals surface area contributed by atoms with Crippen LogP contribution in [0, 0.1) is 0 Å². The highest BCUT2D eigenvalue weighted by molar-refractivity contribution is 5.44. The van der Waals surface area contributed by atoms with Crippen molar-refractivity contribution in [1.29, 1.82) is 0 Å². The lowest BCUT2D eigenvalue weighted by molar-refractivity contribution is -0.512. The van der Waals surface area contributed by atoms with Crippen molar-refractivity contribution in [3.8, 4) is 0 Å². The topological polar surface area (TPSA) is 30.7 Å². The van der Waals surface area contributed by atoms with E-state index < -0.39 is 0 Å². The van der Waals surface area contributed by atoms with Crippen molar-refractivity contribution in [2.75, 3.05) is 0 Å². The highest BCUT2D eigenvalue weighted by atomic mass is 15.4. The summed E-state index contributed by atoms with van der Waals surface area (Å²) >= 11 is 0. The maximum atomic E-state index is 4.35. The van der Waals surface area contributed by atoms with Crippen molar-refractivity contribution in [2.24, 2.45) is 0 Å². The monoisotopic (exact) mass is 184 g/mol. The van der Waals surface area contributed by atoms with Crippen molar-refractivity contribution >= 4 is 11.4 Å². The Morgan fingerprint density at radius 3 is 1.93 bits per heavy atom. The zero-order chi connectivity index (χ0) is 9.64. The van der Waals surface area contributed by atoms with E-state index in [0.29, 0.717) is 0 Å². The van der Waals surface area contributed by atoms with Gasteiger partial charge in [-0.25, -0.2) is 0 Å². The minimum atomic E-state index is 0.983. The molecule has 0 aliphatic rings. The second-order valence-electron chi connectivity index (χ2n) is 3.00. The fourth-order valence-electron chi connectivity index (χ4n) is 1.20. The van der Waals surface area contributed by atoms with Crippen LogP contribution in [0.5, 0.6) is 0 Å². The predicted octanol–water partition coefficient (Wildman–Crippen LogP) is 2.50. The molecule has 0 spiro atoms. The first-order chi connectivity index (χ1) is 6.95. The van der Waals surface area contributed by atoms with E-state index in [0.717, 1.165) is 11.4 Å². The molecular weight excluding hydrogens is 172 g/mol. The van der Waals surface area contributed by atoms with Gasteiger partial charge in [0.1, 0.15) is 5.69 Å². The average molecular weight is 184 g/mol. The lowest BCUT2D eigenvalue weighted by Gasteiger charge is -2.16. The number of hydrogen-bond donors (Lipinski definition) is 1. The molecule has 0 bridgehead atoms. The number of hydrogen-bond acceptors (Lipinski definition) is 0. The lowest BCUT2D eigenvalue weighted by atomic mass is 10.3. The molecule has 0 radical (unpaired) electrons. The minimum Gasteiger partial charge on any atom is -0.485 e. The molecule has 0 aromatic heterocycles. The van der Waals surface area contributed by atoms with Crippen LogP contribution in [0.15, 0.2) is 60.7 Å². The third-order valence-electron chi connectivity index (χ3n) is 1.92. The Kier molecular flexibility index (Phi) is 2.79. The summed E-state index contributed by atoms with van der Waals surface area (Å²) in [5.41, 5.74) is 8.33. The van der Waals surface area contributed by atoms with Gasteiger partial charge in [-0.1, -0.05) is 54.2 Å². The minimum absolute atomic E-state index is 0.983. The van der Waals surface area contributed by atoms with Crippen LogP contribution in [0.25, 0.3) is 5.43 Å². The van der Waals surface area contributed by atoms with E-state index in [4.69, 9.17) is 0 Å². The molecule has 2 aromatic rings. The van der Waals surface area contributed by atoms with Gasteiger partial charge in [0, 0.05) is 0 Å². The molecule has 2 aromatic carbocycles. The van der Waals surface area contributed by atoms with Crippen LogP contribution in [-0.4, -0.2) is 0 Å². The molecule has 70 valence electrons. The van der Waals surface area contributed by atoms with Gasteiger partial charge in [0.15, 0.2) is 0 Å². The summed E-state index contributed by atoms with van der Waals surface area (Å²) in [7, 11) is 0. The van der Waals surface area contributed by atoms with E-state index in [2.05, 4.69) is 5.43 Å². The molecule has 2 nitrogen and oxygen atoms in total. The summed E-state index contributed by atoms with van der Waals surface area (Å²) < 4.78 is 0. The van der Waals surface area contributed by atoms with Gasteiger partial charge in [-0.15, -0.1) is 0 Å². The summed E-state index contributed by atoms with van der Waals surface area (Å²) in [6.07, 6.45) is 0. The quantitative estimate of drug-likeness (QED) is 0.431. The van der Waals surface area contributed by atoms with Crippen LogP contribution in [0.4, 0.5) is 11.4 Å². The number of rotatable bonds is 3. The normalized spacial score (nSPS) is 9.71. The molecule has 0 unspecified atom stereocenters. The van der Waals surface area contributed by atoms with Crippen LogP contribution >= 0.6 is 0 Å². The van der Waals surface area contributed by atoms with E-state index in [9.17, 15) is 0 Å². The average Bonchev–Trinajstić information content (AvgIpc) is 2.29. The zero-order valence-electron chi connectivity index (χ0n) is 7.80. The summed E-state index contributed by atoms with van der Waals surface area (Å²) in [5.74, 6) is 0. The second-order valence-corrected chi connectivity index (χ2v) is 3.00. The summed E-state index contributed by atoms with van der Waals surface area (Å²) in [6.45, 7) is 0. The van der Waals surface area contributed by atoms with E-state index >= 15 is 0 Å².